The van der Waals surface area contributed by atoms with Gasteiger partial charge in [0.15, 0.2) is 0 Å². The number of halogens is 1. The van der Waals surface area contributed by atoms with Crippen LogP contribution in [0, 0.1) is 0 Å². The summed E-state index contributed by atoms with van der Waals surface area (Å²) in [6.45, 7) is 12.4. The molecule has 0 fully saturated rings. The zero-order valence-electron chi connectivity index (χ0n) is 13.4. The van der Waals surface area contributed by atoms with Gasteiger partial charge in [-0.3, -0.25) is 0 Å². The van der Waals surface area contributed by atoms with E-state index < -0.39 is 16.7 Å². The van der Waals surface area contributed by atoms with Crippen LogP contribution in [0.3, 0.4) is 0 Å². The maximum Gasteiger partial charge on any atom is 0.500 e. The van der Waals surface area contributed by atoms with Gasteiger partial charge in [-0.1, -0.05) is 11.1 Å². The molecule has 0 bridgehead atoms. The molecule has 5 nitrogen and oxygen atoms in total. The minimum Gasteiger partial charge on any atom is -0.383 e. The highest BCUT2D eigenvalue weighted by Crippen LogP contribution is 2.27. The van der Waals surface area contributed by atoms with Gasteiger partial charge in [0.05, 0.1) is 0 Å². The lowest BCUT2D eigenvalue weighted by atomic mass is 10.9. The first-order chi connectivity index (χ1) is 9.51. The Labute approximate surface area is 130 Å². The van der Waals surface area contributed by atoms with Gasteiger partial charge in [0.25, 0.3) is 0 Å². The summed E-state index contributed by atoms with van der Waals surface area (Å²) in [7, 11) is -5.35. The number of rotatable bonds is 13. The van der Waals surface area contributed by atoms with Gasteiger partial charge in [-0.25, -0.2) is 0 Å². The first-order valence-electron chi connectivity index (χ1n) is 7.40. The first kappa shape index (κ1) is 20.5. The summed E-state index contributed by atoms with van der Waals surface area (Å²) in [4.78, 5) is 0. The van der Waals surface area contributed by atoms with Crippen molar-refractivity contribution >= 4 is 27.8 Å². The van der Waals surface area contributed by atoms with E-state index in [1.54, 1.807) is 0 Å². The largest absolute Gasteiger partial charge is 0.500 e. The highest BCUT2D eigenvalue weighted by atomic mass is 35.6. The molecule has 0 saturated carbocycles. The van der Waals surface area contributed by atoms with Crippen molar-refractivity contribution in [2.75, 3.05) is 33.0 Å². The molecule has 0 aromatic heterocycles. The second-order valence-corrected chi connectivity index (χ2v) is 10.9. The normalized spacial score (nSPS) is 12.9. The second-order valence-electron chi connectivity index (χ2n) is 4.01. The van der Waals surface area contributed by atoms with Gasteiger partial charge in [-0.05, 0) is 34.6 Å². The molecular weight excluding hydrogens is 316 g/mol. The van der Waals surface area contributed by atoms with Crippen molar-refractivity contribution in [2.45, 2.75) is 46.7 Å². The first-order valence-corrected chi connectivity index (χ1v) is 12.4. The SMILES string of the molecule is CCO[Si](Cl)(CC[Si](OCC)(OCC)OCC)OCC. The molecule has 0 aliphatic heterocycles. The van der Waals surface area contributed by atoms with Crippen molar-refractivity contribution in [3.63, 3.8) is 0 Å². The molecule has 0 saturated heterocycles. The Bertz CT molecular complexity index is 223. The predicted octanol–water partition coefficient (Wildman–Crippen LogP) is 3.29. The topological polar surface area (TPSA) is 46.2 Å². The van der Waals surface area contributed by atoms with Crippen LogP contribution in [-0.2, 0) is 22.1 Å². The van der Waals surface area contributed by atoms with Gasteiger partial charge < -0.3 is 22.1 Å². The van der Waals surface area contributed by atoms with Crippen LogP contribution in [0.25, 0.3) is 0 Å². The monoisotopic (exact) mass is 344 g/mol. The van der Waals surface area contributed by atoms with Crippen molar-refractivity contribution in [1.82, 2.24) is 0 Å². The second kappa shape index (κ2) is 11.1. The van der Waals surface area contributed by atoms with Crippen LogP contribution in [-0.4, -0.2) is 49.7 Å². The maximum absolute atomic E-state index is 6.50. The molecule has 0 unspecified atom stereocenters. The van der Waals surface area contributed by atoms with Gasteiger partial charge in [0, 0.05) is 45.1 Å². The molecule has 0 aromatic carbocycles. The van der Waals surface area contributed by atoms with Crippen molar-refractivity contribution in [3.05, 3.63) is 0 Å². The lowest BCUT2D eigenvalue weighted by molar-refractivity contribution is 0.0715. The standard InChI is InChI=1S/C12H29ClO5Si2/c1-6-14-19(13,15-7-2)11-12-20(16-8-3,17-9-4)18-10-5/h6-12H2,1-5H3. The molecule has 0 N–H and O–H groups in total. The molecule has 0 heterocycles. The minimum absolute atomic E-state index is 0.544. The summed E-state index contributed by atoms with van der Waals surface area (Å²) in [5.74, 6) is 0. The smallest absolute Gasteiger partial charge is 0.383 e. The lowest BCUT2D eigenvalue weighted by Gasteiger charge is -2.31. The molecule has 0 aliphatic rings. The van der Waals surface area contributed by atoms with E-state index in [9.17, 15) is 0 Å². The molecule has 0 atom stereocenters. The number of hydrogen-bond acceptors (Lipinski definition) is 5. The van der Waals surface area contributed by atoms with E-state index in [4.69, 9.17) is 33.2 Å². The zero-order valence-corrected chi connectivity index (χ0v) is 16.1. The fourth-order valence-electron chi connectivity index (χ4n) is 1.92. The van der Waals surface area contributed by atoms with Crippen LogP contribution in [0.2, 0.25) is 12.1 Å². The predicted molar refractivity (Wildman–Crippen MR) is 85.1 cm³/mol. The summed E-state index contributed by atoms with van der Waals surface area (Å²) in [6, 6.07) is 1.22. The van der Waals surface area contributed by atoms with Crippen LogP contribution < -0.4 is 0 Å². The third-order valence-corrected chi connectivity index (χ3v) is 9.60. The molecule has 8 heteroatoms. The molecular formula is C12H29ClO5Si2. The van der Waals surface area contributed by atoms with E-state index in [0.717, 1.165) is 0 Å². The Balaban J connectivity index is 4.76. The summed E-state index contributed by atoms with van der Waals surface area (Å²) < 4.78 is 28.7. The molecule has 0 rings (SSSR count). The molecule has 122 valence electrons. The molecule has 0 aromatic rings. The minimum atomic E-state index is -2.68. The Morgan fingerprint density at radius 1 is 0.600 bits per heavy atom. The Morgan fingerprint density at radius 2 is 0.950 bits per heavy atom. The fourth-order valence-corrected chi connectivity index (χ4v) is 9.08. The third kappa shape index (κ3) is 7.51. The molecule has 0 radical (unpaired) electrons. The van der Waals surface area contributed by atoms with Gasteiger partial charge in [0.1, 0.15) is 0 Å². The average molecular weight is 345 g/mol. The summed E-state index contributed by atoms with van der Waals surface area (Å²) >= 11 is 6.50. The average Bonchev–Trinajstić information content (AvgIpc) is 2.38. The van der Waals surface area contributed by atoms with Crippen LogP contribution in [0.4, 0.5) is 0 Å². The highest BCUT2D eigenvalue weighted by molar-refractivity contribution is 7.13. The Morgan fingerprint density at radius 3 is 1.25 bits per heavy atom. The van der Waals surface area contributed by atoms with Crippen LogP contribution >= 0.6 is 11.1 Å². The quantitative estimate of drug-likeness (QED) is 0.379. The Kier molecular flexibility index (Phi) is 11.4. The van der Waals surface area contributed by atoms with Gasteiger partial charge >= 0.3 is 16.7 Å². The highest BCUT2D eigenvalue weighted by Gasteiger charge is 2.46. The van der Waals surface area contributed by atoms with E-state index in [1.165, 1.54) is 0 Å². The van der Waals surface area contributed by atoms with Crippen molar-refractivity contribution in [2.24, 2.45) is 0 Å². The van der Waals surface area contributed by atoms with E-state index >= 15 is 0 Å². The van der Waals surface area contributed by atoms with Gasteiger partial charge in [0.2, 0.25) is 0 Å². The van der Waals surface area contributed by atoms with Crippen molar-refractivity contribution < 1.29 is 22.1 Å². The van der Waals surface area contributed by atoms with E-state index in [2.05, 4.69) is 0 Å². The van der Waals surface area contributed by atoms with Crippen LogP contribution in [0.1, 0.15) is 34.6 Å². The van der Waals surface area contributed by atoms with Crippen molar-refractivity contribution in [3.8, 4) is 0 Å². The maximum atomic E-state index is 6.50. The molecule has 0 spiro atoms. The van der Waals surface area contributed by atoms with Crippen LogP contribution in [0.5, 0.6) is 0 Å². The zero-order chi connectivity index (χ0) is 15.5. The van der Waals surface area contributed by atoms with E-state index in [0.29, 0.717) is 45.1 Å². The fraction of sp³-hybridized carbons (Fsp3) is 1.00. The van der Waals surface area contributed by atoms with Gasteiger partial charge in [-0.2, -0.15) is 0 Å². The van der Waals surface area contributed by atoms with E-state index in [1.807, 2.05) is 34.6 Å². The van der Waals surface area contributed by atoms with Crippen LogP contribution in [0.15, 0.2) is 0 Å². The summed E-state index contributed by atoms with van der Waals surface area (Å²) in [5, 5.41) is 0. The van der Waals surface area contributed by atoms with E-state index in [-0.39, 0.29) is 0 Å². The molecule has 20 heavy (non-hydrogen) atoms. The number of hydrogen-bond donors (Lipinski definition) is 0. The molecule has 0 amide bonds. The van der Waals surface area contributed by atoms with Crippen molar-refractivity contribution in [1.29, 1.82) is 0 Å². The lowest BCUT2D eigenvalue weighted by Crippen LogP contribution is -2.48. The third-order valence-electron chi connectivity index (χ3n) is 2.54. The summed E-state index contributed by atoms with van der Waals surface area (Å²) in [6.07, 6.45) is 0. The summed E-state index contributed by atoms with van der Waals surface area (Å²) in [5.41, 5.74) is 0. The Hall–Kier alpha value is 0.524. The molecule has 0 aliphatic carbocycles. The van der Waals surface area contributed by atoms with Gasteiger partial charge in [-0.15, -0.1) is 0 Å².